The molecule has 5 nitrogen and oxygen atoms in total. The molecule has 1 aliphatic rings. The summed E-state index contributed by atoms with van der Waals surface area (Å²) in [6, 6.07) is 3.94. The van der Waals surface area contributed by atoms with Crippen LogP contribution in [0.3, 0.4) is 0 Å². The number of halogens is 1. The highest BCUT2D eigenvalue weighted by Gasteiger charge is 2.18. The van der Waals surface area contributed by atoms with E-state index in [4.69, 9.17) is 9.47 Å². The largest absolute Gasteiger partial charge is 0.493 e. The normalized spacial score (nSPS) is 14.4. The number of nitrogens with zero attached hydrogens (tertiary/aromatic N) is 1. The lowest BCUT2D eigenvalue weighted by Crippen LogP contribution is -2.28. The lowest BCUT2D eigenvalue weighted by atomic mass is 10.2. The highest BCUT2D eigenvalue weighted by molar-refractivity contribution is 9.10. The number of benzene rings is 1. The van der Waals surface area contributed by atoms with E-state index in [9.17, 15) is 4.79 Å². The molecule has 0 radical (unpaired) electrons. The van der Waals surface area contributed by atoms with Gasteiger partial charge in [-0.2, -0.15) is 0 Å². The number of hydrogen-bond donors (Lipinski definition) is 1. The van der Waals surface area contributed by atoms with Crippen molar-refractivity contribution < 1.29 is 14.3 Å². The highest BCUT2D eigenvalue weighted by Crippen LogP contribution is 2.33. The van der Waals surface area contributed by atoms with Gasteiger partial charge in [-0.15, -0.1) is 0 Å². The van der Waals surface area contributed by atoms with Crippen LogP contribution in [-0.4, -0.2) is 44.2 Å². The maximum atomic E-state index is 11.5. The second-order valence-corrected chi connectivity index (χ2v) is 6.40. The SMILES string of the molecule is CCOc1cc(CNCCCN2CCCC2=O)c(Br)cc1OC. The van der Waals surface area contributed by atoms with Crippen LogP contribution in [0.5, 0.6) is 11.5 Å². The summed E-state index contributed by atoms with van der Waals surface area (Å²) in [7, 11) is 1.64. The fourth-order valence-electron chi connectivity index (χ4n) is 2.70. The maximum absolute atomic E-state index is 11.5. The molecule has 1 fully saturated rings. The summed E-state index contributed by atoms with van der Waals surface area (Å²) in [5.41, 5.74) is 1.13. The predicted octanol–water partition coefficient (Wildman–Crippen LogP) is 2.96. The molecule has 1 aromatic carbocycles. The van der Waals surface area contributed by atoms with E-state index in [-0.39, 0.29) is 0 Å². The van der Waals surface area contributed by atoms with Crippen LogP contribution >= 0.6 is 15.9 Å². The predicted molar refractivity (Wildman–Crippen MR) is 94.0 cm³/mol. The summed E-state index contributed by atoms with van der Waals surface area (Å²) in [5, 5.41) is 3.42. The van der Waals surface area contributed by atoms with Crippen LogP contribution in [-0.2, 0) is 11.3 Å². The third-order valence-electron chi connectivity index (χ3n) is 3.90. The molecule has 1 N–H and O–H groups in total. The second kappa shape index (κ2) is 9.13. The molecular weight excluding hydrogens is 360 g/mol. The van der Waals surface area contributed by atoms with Gasteiger partial charge < -0.3 is 19.7 Å². The van der Waals surface area contributed by atoms with Gasteiger partial charge >= 0.3 is 0 Å². The molecule has 0 spiro atoms. The standard InChI is InChI=1S/C17H25BrN2O3/c1-3-23-16-10-13(14(18)11-15(16)22-2)12-19-7-5-9-20-8-4-6-17(20)21/h10-11,19H,3-9,12H2,1-2H3. The zero-order valence-electron chi connectivity index (χ0n) is 13.9. The fraction of sp³-hybridized carbons (Fsp3) is 0.588. The van der Waals surface area contributed by atoms with Crippen LogP contribution in [0.4, 0.5) is 0 Å². The van der Waals surface area contributed by atoms with Gasteiger partial charge in [0.1, 0.15) is 0 Å². The Morgan fingerprint density at radius 1 is 1.35 bits per heavy atom. The fourth-order valence-corrected chi connectivity index (χ4v) is 3.16. The van der Waals surface area contributed by atoms with Crippen molar-refractivity contribution in [2.24, 2.45) is 0 Å². The van der Waals surface area contributed by atoms with E-state index in [0.717, 1.165) is 60.6 Å². The molecule has 1 aliphatic heterocycles. The molecule has 1 heterocycles. The lowest BCUT2D eigenvalue weighted by molar-refractivity contribution is -0.127. The van der Waals surface area contributed by atoms with Crippen LogP contribution in [0, 0.1) is 0 Å². The average molecular weight is 385 g/mol. The summed E-state index contributed by atoms with van der Waals surface area (Å²) in [6.07, 6.45) is 2.69. The molecule has 6 heteroatoms. The molecule has 128 valence electrons. The number of likely N-dealkylation sites (tertiary alicyclic amines) is 1. The molecule has 0 aromatic heterocycles. The Balaban J connectivity index is 1.80. The Kier molecular flexibility index (Phi) is 7.17. The van der Waals surface area contributed by atoms with E-state index in [1.54, 1.807) is 7.11 Å². The van der Waals surface area contributed by atoms with E-state index in [1.807, 2.05) is 24.0 Å². The third kappa shape index (κ3) is 5.11. The number of nitrogens with one attached hydrogen (secondary N) is 1. The molecule has 0 unspecified atom stereocenters. The third-order valence-corrected chi connectivity index (χ3v) is 4.64. The van der Waals surface area contributed by atoms with Gasteiger partial charge in [-0.05, 0) is 44.0 Å². The molecule has 2 rings (SSSR count). The number of rotatable bonds is 9. The summed E-state index contributed by atoms with van der Waals surface area (Å²) in [4.78, 5) is 13.5. The van der Waals surface area contributed by atoms with E-state index in [1.165, 1.54) is 0 Å². The zero-order chi connectivity index (χ0) is 16.7. The molecule has 0 saturated carbocycles. The van der Waals surface area contributed by atoms with Gasteiger partial charge in [-0.1, -0.05) is 15.9 Å². The van der Waals surface area contributed by atoms with Crippen molar-refractivity contribution in [2.75, 3.05) is 33.4 Å². The first-order chi connectivity index (χ1) is 11.2. The summed E-state index contributed by atoms with van der Waals surface area (Å²) >= 11 is 3.58. The van der Waals surface area contributed by atoms with Crippen LogP contribution in [0.2, 0.25) is 0 Å². The van der Waals surface area contributed by atoms with Crippen LogP contribution in [0.1, 0.15) is 31.7 Å². The number of carbonyl (C=O) groups excluding carboxylic acids is 1. The number of ether oxygens (including phenoxy) is 2. The topological polar surface area (TPSA) is 50.8 Å². The molecule has 23 heavy (non-hydrogen) atoms. The molecular formula is C17H25BrN2O3. The highest BCUT2D eigenvalue weighted by atomic mass is 79.9. The van der Waals surface area contributed by atoms with Crippen LogP contribution in [0.15, 0.2) is 16.6 Å². The Bertz CT molecular complexity index is 537. The van der Waals surface area contributed by atoms with E-state index < -0.39 is 0 Å². The monoisotopic (exact) mass is 384 g/mol. The molecule has 0 bridgehead atoms. The van der Waals surface area contributed by atoms with Crippen molar-refractivity contribution in [2.45, 2.75) is 32.7 Å². The van der Waals surface area contributed by atoms with E-state index >= 15 is 0 Å². The zero-order valence-corrected chi connectivity index (χ0v) is 15.4. The first kappa shape index (κ1) is 18.1. The molecule has 1 saturated heterocycles. The molecule has 0 aliphatic carbocycles. The molecule has 0 atom stereocenters. The molecule has 1 aromatic rings. The van der Waals surface area contributed by atoms with Crippen molar-refractivity contribution in [1.29, 1.82) is 0 Å². The van der Waals surface area contributed by atoms with Gasteiger partial charge in [0, 0.05) is 30.5 Å². The van der Waals surface area contributed by atoms with Gasteiger partial charge in [0.2, 0.25) is 5.91 Å². The van der Waals surface area contributed by atoms with Crippen molar-refractivity contribution in [3.05, 3.63) is 22.2 Å². The first-order valence-electron chi connectivity index (χ1n) is 8.13. The van der Waals surface area contributed by atoms with Crippen molar-refractivity contribution in [3.8, 4) is 11.5 Å². The van der Waals surface area contributed by atoms with Gasteiger partial charge in [0.15, 0.2) is 11.5 Å². The minimum absolute atomic E-state index is 0.296. The van der Waals surface area contributed by atoms with Crippen molar-refractivity contribution in [3.63, 3.8) is 0 Å². The Morgan fingerprint density at radius 3 is 2.83 bits per heavy atom. The second-order valence-electron chi connectivity index (χ2n) is 5.54. The maximum Gasteiger partial charge on any atom is 0.222 e. The van der Waals surface area contributed by atoms with Crippen LogP contribution < -0.4 is 14.8 Å². The van der Waals surface area contributed by atoms with E-state index in [2.05, 4.69) is 21.2 Å². The summed E-state index contributed by atoms with van der Waals surface area (Å²) < 4.78 is 11.9. The van der Waals surface area contributed by atoms with E-state index in [0.29, 0.717) is 18.9 Å². The van der Waals surface area contributed by atoms with Crippen LogP contribution in [0.25, 0.3) is 0 Å². The number of amides is 1. The minimum Gasteiger partial charge on any atom is -0.493 e. The van der Waals surface area contributed by atoms with Crippen molar-refractivity contribution >= 4 is 21.8 Å². The molecule has 1 amide bonds. The summed E-state index contributed by atoms with van der Waals surface area (Å²) in [6.45, 7) is 5.96. The summed E-state index contributed by atoms with van der Waals surface area (Å²) in [5.74, 6) is 1.79. The quantitative estimate of drug-likeness (QED) is 0.664. The van der Waals surface area contributed by atoms with Gasteiger partial charge in [-0.3, -0.25) is 4.79 Å². The van der Waals surface area contributed by atoms with Gasteiger partial charge in [0.25, 0.3) is 0 Å². The Morgan fingerprint density at radius 2 is 2.17 bits per heavy atom. The number of carbonyl (C=O) groups is 1. The number of hydrogen-bond acceptors (Lipinski definition) is 4. The average Bonchev–Trinajstić information content (AvgIpc) is 2.95. The van der Waals surface area contributed by atoms with Crippen molar-refractivity contribution in [1.82, 2.24) is 10.2 Å². The Labute approximate surface area is 146 Å². The lowest BCUT2D eigenvalue weighted by Gasteiger charge is -2.16. The minimum atomic E-state index is 0.296. The number of methoxy groups -OCH3 is 1. The van der Waals surface area contributed by atoms with Gasteiger partial charge in [0.05, 0.1) is 13.7 Å². The Hall–Kier alpha value is -1.27. The first-order valence-corrected chi connectivity index (χ1v) is 8.92. The van der Waals surface area contributed by atoms with Gasteiger partial charge in [-0.25, -0.2) is 0 Å². The smallest absolute Gasteiger partial charge is 0.222 e.